The van der Waals surface area contributed by atoms with Crippen molar-refractivity contribution in [3.63, 3.8) is 0 Å². The number of carbonyl (C=O) groups is 1. The molecule has 0 unspecified atom stereocenters. The summed E-state index contributed by atoms with van der Waals surface area (Å²) in [5, 5.41) is 3.11. The first-order valence-corrected chi connectivity index (χ1v) is 8.66. The molecule has 0 aliphatic carbocycles. The minimum absolute atomic E-state index is 0.0138. The summed E-state index contributed by atoms with van der Waals surface area (Å²) in [5.41, 5.74) is 2.03. The van der Waals surface area contributed by atoms with Crippen LogP contribution in [0.1, 0.15) is 11.1 Å². The molecule has 6 heteroatoms. The van der Waals surface area contributed by atoms with Crippen LogP contribution in [0.3, 0.4) is 0 Å². The van der Waals surface area contributed by atoms with Crippen LogP contribution in [0, 0.1) is 5.92 Å². The average molecular weight is 356 g/mol. The molecule has 1 amide bonds. The molecule has 0 spiro atoms. The van der Waals surface area contributed by atoms with E-state index in [1.54, 1.807) is 32.7 Å². The van der Waals surface area contributed by atoms with Crippen molar-refractivity contribution in [3.8, 4) is 11.5 Å². The van der Waals surface area contributed by atoms with Crippen LogP contribution in [0.5, 0.6) is 11.5 Å². The summed E-state index contributed by atoms with van der Waals surface area (Å²) >= 11 is 0. The van der Waals surface area contributed by atoms with Gasteiger partial charge in [0.25, 0.3) is 0 Å². The Morgan fingerprint density at radius 1 is 1.19 bits per heavy atom. The Bertz CT molecular complexity index is 736. The van der Waals surface area contributed by atoms with Crippen molar-refractivity contribution < 1.29 is 19.0 Å². The van der Waals surface area contributed by atoms with Gasteiger partial charge in [-0.2, -0.15) is 0 Å². The van der Waals surface area contributed by atoms with Crippen LogP contribution in [0.25, 0.3) is 0 Å². The number of amides is 1. The van der Waals surface area contributed by atoms with Gasteiger partial charge in [-0.15, -0.1) is 0 Å². The summed E-state index contributed by atoms with van der Waals surface area (Å²) < 4.78 is 16.2. The van der Waals surface area contributed by atoms with E-state index in [2.05, 4.69) is 10.3 Å². The first-order chi connectivity index (χ1) is 12.7. The maximum Gasteiger partial charge on any atom is 0.224 e. The maximum absolute atomic E-state index is 12.5. The predicted molar refractivity (Wildman–Crippen MR) is 97.4 cm³/mol. The molecular weight excluding hydrogens is 332 g/mol. The van der Waals surface area contributed by atoms with Gasteiger partial charge in [0.2, 0.25) is 5.91 Å². The molecule has 1 saturated heterocycles. The number of aromatic nitrogens is 1. The van der Waals surface area contributed by atoms with E-state index in [9.17, 15) is 4.79 Å². The summed E-state index contributed by atoms with van der Waals surface area (Å²) in [6.07, 6.45) is 4.69. The second-order valence-electron chi connectivity index (χ2n) is 6.39. The molecule has 0 radical (unpaired) electrons. The van der Waals surface area contributed by atoms with E-state index in [1.807, 2.05) is 24.3 Å². The number of hydrogen-bond donors (Lipinski definition) is 1. The SMILES string of the molecule is COc1ccc(CC(=O)N[C@H]2COC[C@H]2Cc2ccncc2)c(OC)c1. The smallest absolute Gasteiger partial charge is 0.224 e. The Labute approximate surface area is 153 Å². The number of carbonyl (C=O) groups excluding carboxylic acids is 1. The molecule has 6 nitrogen and oxygen atoms in total. The molecule has 1 aliphatic heterocycles. The third-order valence-electron chi connectivity index (χ3n) is 4.64. The van der Waals surface area contributed by atoms with Gasteiger partial charge in [0.05, 0.1) is 39.9 Å². The van der Waals surface area contributed by atoms with Crippen molar-refractivity contribution >= 4 is 5.91 Å². The Kier molecular flexibility index (Phi) is 6.07. The number of pyridine rings is 1. The van der Waals surface area contributed by atoms with Crippen LogP contribution in [-0.2, 0) is 22.4 Å². The third-order valence-corrected chi connectivity index (χ3v) is 4.64. The highest BCUT2D eigenvalue weighted by atomic mass is 16.5. The van der Waals surface area contributed by atoms with Gasteiger partial charge in [-0.25, -0.2) is 0 Å². The molecule has 1 N–H and O–H groups in total. The number of nitrogens with one attached hydrogen (secondary N) is 1. The molecule has 138 valence electrons. The average Bonchev–Trinajstić information content (AvgIpc) is 3.09. The number of benzene rings is 1. The molecular formula is C20H24N2O4. The number of hydrogen-bond acceptors (Lipinski definition) is 5. The Balaban J connectivity index is 1.60. The van der Waals surface area contributed by atoms with Gasteiger partial charge < -0.3 is 19.5 Å². The summed E-state index contributed by atoms with van der Waals surface area (Å²) in [6, 6.07) is 9.49. The normalized spacial score (nSPS) is 19.2. The van der Waals surface area contributed by atoms with Gasteiger partial charge in [-0.3, -0.25) is 9.78 Å². The molecule has 26 heavy (non-hydrogen) atoms. The summed E-state index contributed by atoms with van der Waals surface area (Å²) in [5.74, 6) is 1.57. The Morgan fingerprint density at radius 3 is 2.73 bits per heavy atom. The van der Waals surface area contributed by atoms with E-state index in [-0.39, 0.29) is 24.3 Å². The van der Waals surface area contributed by atoms with Gasteiger partial charge in [-0.05, 0) is 30.2 Å². The van der Waals surface area contributed by atoms with Crippen molar-refractivity contribution in [2.45, 2.75) is 18.9 Å². The van der Waals surface area contributed by atoms with Gasteiger partial charge in [0, 0.05) is 29.9 Å². The van der Waals surface area contributed by atoms with E-state index in [0.717, 1.165) is 12.0 Å². The molecule has 2 atom stereocenters. The summed E-state index contributed by atoms with van der Waals surface area (Å²) in [7, 11) is 3.19. The van der Waals surface area contributed by atoms with E-state index >= 15 is 0 Å². The zero-order valence-electron chi connectivity index (χ0n) is 15.1. The maximum atomic E-state index is 12.5. The van der Waals surface area contributed by atoms with E-state index in [0.29, 0.717) is 24.7 Å². The molecule has 1 aliphatic rings. The lowest BCUT2D eigenvalue weighted by Crippen LogP contribution is -2.41. The number of rotatable bonds is 7. The minimum atomic E-state index is -0.0382. The van der Waals surface area contributed by atoms with Crippen LogP contribution in [0.2, 0.25) is 0 Å². The highest BCUT2D eigenvalue weighted by Crippen LogP contribution is 2.25. The fourth-order valence-electron chi connectivity index (χ4n) is 3.21. The van der Waals surface area contributed by atoms with Crippen LogP contribution in [0.15, 0.2) is 42.7 Å². The third kappa shape index (κ3) is 4.52. The monoisotopic (exact) mass is 356 g/mol. The summed E-state index contributed by atoms with van der Waals surface area (Å²) in [4.78, 5) is 16.6. The first kappa shape index (κ1) is 18.2. The Hall–Kier alpha value is -2.60. The molecule has 2 aromatic rings. The van der Waals surface area contributed by atoms with Crippen LogP contribution in [-0.4, -0.2) is 44.4 Å². The van der Waals surface area contributed by atoms with E-state index in [1.165, 1.54) is 5.56 Å². The highest BCUT2D eigenvalue weighted by molar-refractivity contribution is 5.79. The highest BCUT2D eigenvalue weighted by Gasteiger charge is 2.29. The zero-order chi connectivity index (χ0) is 18.4. The van der Waals surface area contributed by atoms with Crippen LogP contribution in [0.4, 0.5) is 0 Å². The minimum Gasteiger partial charge on any atom is -0.497 e. The number of methoxy groups -OCH3 is 2. The Morgan fingerprint density at radius 2 is 2.00 bits per heavy atom. The van der Waals surface area contributed by atoms with Crippen molar-refractivity contribution in [3.05, 3.63) is 53.9 Å². The second kappa shape index (κ2) is 8.67. The fourth-order valence-corrected chi connectivity index (χ4v) is 3.21. The van der Waals surface area contributed by atoms with Crippen LogP contribution < -0.4 is 14.8 Å². The fraction of sp³-hybridized carbons (Fsp3) is 0.400. The second-order valence-corrected chi connectivity index (χ2v) is 6.39. The molecule has 1 aromatic carbocycles. The number of ether oxygens (including phenoxy) is 3. The van der Waals surface area contributed by atoms with Gasteiger partial charge in [0.1, 0.15) is 11.5 Å². The van der Waals surface area contributed by atoms with Gasteiger partial charge >= 0.3 is 0 Å². The molecule has 2 heterocycles. The lowest BCUT2D eigenvalue weighted by atomic mass is 9.95. The van der Waals surface area contributed by atoms with Crippen molar-refractivity contribution in [1.82, 2.24) is 10.3 Å². The quantitative estimate of drug-likeness (QED) is 0.822. The van der Waals surface area contributed by atoms with Crippen LogP contribution >= 0.6 is 0 Å². The predicted octanol–water partition coefficient (Wildman–Crippen LogP) is 2.02. The molecule has 0 bridgehead atoms. The lowest BCUT2D eigenvalue weighted by molar-refractivity contribution is -0.121. The molecule has 0 saturated carbocycles. The standard InChI is InChI=1S/C20H24N2O4/c1-24-17-4-3-15(19(11-17)25-2)10-20(23)22-18-13-26-12-16(18)9-14-5-7-21-8-6-14/h3-8,11,16,18H,9-10,12-13H2,1-2H3,(H,22,23)/t16-,18+/m1/s1. The first-order valence-electron chi connectivity index (χ1n) is 8.66. The lowest BCUT2D eigenvalue weighted by Gasteiger charge is -2.19. The molecule has 1 aromatic heterocycles. The number of nitrogens with zero attached hydrogens (tertiary/aromatic N) is 1. The van der Waals surface area contributed by atoms with Gasteiger partial charge in [0.15, 0.2) is 0 Å². The topological polar surface area (TPSA) is 69.7 Å². The largest absolute Gasteiger partial charge is 0.497 e. The van der Waals surface area contributed by atoms with E-state index < -0.39 is 0 Å². The van der Waals surface area contributed by atoms with Crippen molar-refractivity contribution in [1.29, 1.82) is 0 Å². The van der Waals surface area contributed by atoms with Gasteiger partial charge in [-0.1, -0.05) is 6.07 Å². The summed E-state index contributed by atoms with van der Waals surface area (Å²) in [6.45, 7) is 1.19. The molecule has 1 fully saturated rings. The van der Waals surface area contributed by atoms with Crippen molar-refractivity contribution in [2.75, 3.05) is 27.4 Å². The zero-order valence-corrected chi connectivity index (χ0v) is 15.1. The van der Waals surface area contributed by atoms with Crippen molar-refractivity contribution in [2.24, 2.45) is 5.92 Å². The molecule has 3 rings (SSSR count). The van der Waals surface area contributed by atoms with E-state index in [4.69, 9.17) is 14.2 Å².